The van der Waals surface area contributed by atoms with Crippen LogP contribution in [-0.4, -0.2) is 29.0 Å². The van der Waals surface area contributed by atoms with Gasteiger partial charge >= 0.3 is 0 Å². The van der Waals surface area contributed by atoms with Crippen molar-refractivity contribution in [1.29, 1.82) is 0 Å². The van der Waals surface area contributed by atoms with Crippen LogP contribution in [0.2, 0.25) is 0 Å². The Labute approximate surface area is 121 Å². The van der Waals surface area contributed by atoms with Crippen LogP contribution in [0.5, 0.6) is 0 Å². The zero-order valence-corrected chi connectivity index (χ0v) is 12.4. The second kappa shape index (κ2) is 5.54. The summed E-state index contributed by atoms with van der Waals surface area (Å²) in [5.74, 6) is 2.00. The molecule has 1 aromatic carbocycles. The highest BCUT2D eigenvalue weighted by atomic mass is 32.2. The first-order valence-corrected chi connectivity index (χ1v) is 8.64. The highest BCUT2D eigenvalue weighted by Crippen LogP contribution is 2.43. The predicted octanol–water partition coefficient (Wildman–Crippen LogP) is 3.55. The summed E-state index contributed by atoms with van der Waals surface area (Å²) in [5.41, 5.74) is 5.82. The van der Waals surface area contributed by atoms with Crippen molar-refractivity contribution in [3.8, 4) is 0 Å². The van der Waals surface area contributed by atoms with Gasteiger partial charge in [-0.2, -0.15) is 11.8 Å². The Bertz CT molecular complexity index is 463. The van der Waals surface area contributed by atoms with E-state index in [1.165, 1.54) is 5.75 Å². The molecule has 5 heteroatoms. The van der Waals surface area contributed by atoms with Gasteiger partial charge in [-0.1, -0.05) is 0 Å². The van der Waals surface area contributed by atoms with Crippen molar-refractivity contribution in [2.45, 2.75) is 35.0 Å². The van der Waals surface area contributed by atoms with Gasteiger partial charge in [-0.05, 0) is 43.2 Å². The summed E-state index contributed by atoms with van der Waals surface area (Å²) >= 11 is 3.74. The lowest BCUT2D eigenvalue weighted by molar-refractivity contribution is -0.0562. The Balaban J connectivity index is 1.67. The third-order valence-corrected chi connectivity index (χ3v) is 6.27. The van der Waals surface area contributed by atoms with Gasteiger partial charge < -0.3 is 10.5 Å². The monoisotopic (exact) mass is 299 g/mol. The SMILES string of the molecule is Nc1ccc(SC2CCOC3(CCSC3)C2)cc1F. The lowest BCUT2D eigenvalue weighted by atomic mass is 9.93. The fourth-order valence-electron chi connectivity index (χ4n) is 2.72. The highest BCUT2D eigenvalue weighted by molar-refractivity contribution is 8.00. The normalized spacial score (nSPS) is 30.9. The van der Waals surface area contributed by atoms with Gasteiger partial charge in [-0.3, -0.25) is 0 Å². The molecule has 2 heterocycles. The van der Waals surface area contributed by atoms with Crippen molar-refractivity contribution < 1.29 is 9.13 Å². The number of nitrogens with two attached hydrogens (primary N) is 1. The highest BCUT2D eigenvalue weighted by Gasteiger charge is 2.40. The van der Waals surface area contributed by atoms with Crippen molar-refractivity contribution in [2.75, 3.05) is 23.8 Å². The van der Waals surface area contributed by atoms with E-state index in [1.54, 1.807) is 23.9 Å². The number of thioether (sulfide) groups is 2. The number of halogens is 1. The standard InChI is InChI=1S/C14H18FNOS2/c15-12-7-10(1-2-13(12)16)19-11-3-5-17-14(8-11)4-6-18-9-14/h1-2,7,11H,3-6,8-9,16H2. The molecule has 0 radical (unpaired) electrons. The van der Waals surface area contributed by atoms with Crippen LogP contribution in [0.3, 0.4) is 0 Å². The van der Waals surface area contributed by atoms with Gasteiger partial charge in [0.15, 0.2) is 0 Å². The molecule has 0 aliphatic carbocycles. The maximum absolute atomic E-state index is 13.5. The van der Waals surface area contributed by atoms with E-state index in [-0.39, 0.29) is 17.1 Å². The molecule has 19 heavy (non-hydrogen) atoms. The first kappa shape index (κ1) is 13.6. The maximum Gasteiger partial charge on any atom is 0.147 e. The molecule has 2 aliphatic heterocycles. The number of nitrogen functional groups attached to an aromatic ring is 1. The first-order valence-electron chi connectivity index (χ1n) is 6.60. The third-order valence-electron chi connectivity index (χ3n) is 3.79. The van der Waals surface area contributed by atoms with E-state index < -0.39 is 0 Å². The molecule has 3 rings (SSSR count). The van der Waals surface area contributed by atoms with Gasteiger partial charge in [-0.15, -0.1) is 11.8 Å². The minimum Gasteiger partial charge on any atom is -0.396 e. The lowest BCUT2D eigenvalue weighted by Gasteiger charge is -2.37. The molecule has 2 unspecified atom stereocenters. The van der Waals surface area contributed by atoms with Gasteiger partial charge in [0.05, 0.1) is 11.3 Å². The quantitative estimate of drug-likeness (QED) is 0.847. The molecule has 0 saturated carbocycles. The summed E-state index contributed by atoms with van der Waals surface area (Å²) in [6, 6.07) is 5.11. The molecule has 1 spiro atoms. The van der Waals surface area contributed by atoms with E-state index in [4.69, 9.17) is 10.5 Å². The largest absolute Gasteiger partial charge is 0.396 e. The number of hydrogen-bond donors (Lipinski definition) is 1. The molecule has 104 valence electrons. The summed E-state index contributed by atoms with van der Waals surface area (Å²) < 4.78 is 19.5. The Morgan fingerprint density at radius 1 is 1.47 bits per heavy atom. The molecule has 2 saturated heterocycles. The van der Waals surface area contributed by atoms with Crippen molar-refractivity contribution in [1.82, 2.24) is 0 Å². The van der Waals surface area contributed by atoms with Gasteiger partial charge in [0.2, 0.25) is 0 Å². The molecule has 1 aromatic rings. The minimum atomic E-state index is -0.316. The Morgan fingerprint density at radius 2 is 2.37 bits per heavy atom. The fraction of sp³-hybridized carbons (Fsp3) is 0.571. The summed E-state index contributed by atoms with van der Waals surface area (Å²) in [7, 11) is 0. The fourth-order valence-corrected chi connectivity index (χ4v) is 5.40. The average Bonchev–Trinajstić information content (AvgIpc) is 2.82. The number of ether oxygens (including phenoxy) is 1. The Hall–Kier alpha value is -0.390. The van der Waals surface area contributed by atoms with Crippen LogP contribution in [0.1, 0.15) is 19.3 Å². The molecular weight excluding hydrogens is 281 g/mol. The lowest BCUT2D eigenvalue weighted by Crippen LogP contribution is -2.40. The van der Waals surface area contributed by atoms with Gasteiger partial charge in [0.1, 0.15) is 5.82 Å². The molecule has 2 nitrogen and oxygen atoms in total. The van der Waals surface area contributed by atoms with Crippen LogP contribution in [-0.2, 0) is 4.74 Å². The van der Waals surface area contributed by atoms with Crippen LogP contribution in [0.4, 0.5) is 10.1 Å². The third kappa shape index (κ3) is 3.03. The molecule has 0 aromatic heterocycles. The summed E-state index contributed by atoms with van der Waals surface area (Å²) in [6.45, 7) is 0.829. The molecule has 2 N–H and O–H groups in total. The first-order chi connectivity index (χ1) is 9.17. The van der Waals surface area contributed by atoms with E-state index in [0.29, 0.717) is 5.25 Å². The van der Waals surface area contributed by atoms with Crippen LogP contribution in [0, 0.1) is 5.82 Å². The number of benzene rings is 1. The number of anilines is 1. The summed E-state index contributed by atoms with van der Waals surface area (Å²) in [5, 5.41) is 0.524. The van der Waals surface area contributed by atoms with Crippen LogP contribution in [0.25, 0.3) is 0 Å². The molecule has 0 bridgehead atoms. The minimum absolute atomic E-state index is 0.0902. The smallest absolute Gasteiger partial charge is 0.147 e. The van der Waals surface area contributed by atoms with Gasteiger partial charge in [-0.25, -0.2) is 4.39 Å². The molecule has 2 fully saturated rings. The zero-order valence-electron chi connectivity index (χ0n) is 10.7. The van der Waals surface area contributed by atoms with E-state index in [9.17, 15) is 4.39 Å². The van der Waals surface area contributed by atoms with Crippen LogP contribution < -0.4 is 5.73 Å². The number of rotatable bonds is 2. The summed E-state index contributed by atoms with van der Waals surface area (Å²) in [6.07, 6.45) is 3.28. The molecule has 2 aliphatic rings. The second-order valence-corrected chi connectivity index (χ2v) is 7.73. The van der Waals surface area contributed by atoms with Gasteiger partial charge in [0, 0.05) is 22.5 Å². The van der Waals surface area contributed by atoms with Crippen molar-refractivity contribution in [3.05, 3.63) is 24.0 Å². The van der Waals surface area contributed by atoms with Gasteiger partial charge in [0.25, 0.3) is 0 Å². The zero-order chi connectivity index (χ0) is 13.3. The number of hydrogen-bond acceptors (Lipinski definition) is 4. The second-order valence-electron chi connectivity index (χ2n) is 5.25. The topological polar surface area (TPSA) is 35.2 Å². The van der Waals surface area contributed by atoms with E-state index in [2.05, 4.69) is 0 Å². The summed E-state index contributed by atoms with van der Waals surface area (Å²) in [4.78, 5) is 0.972. The Kier molecular flexibility index (Phi) is 3.96. The van der Waals surface area contributed by atoms with Crippen molar-refractivity contribution in [3.63, 3.8) is 0 Å². The van der Waals surface area contributed by atoms with E-state index in [0.717, 1.165) is 36.5 Å². The van der Waals surface area contributed by atoms with Crippen LogP contribution in [0.15, 0.2) is 23.1 Å². The van der Waals surface area contributed by atoms with E-state index >= 15 is 0 Å². The molecular formula is C14H18FNOS2. The van der Waals surface area contributed by atoms with E-state index in [1.807, 2.05) is 17.8 Å². The van der Waals surface area contributed by atoms with Crippen LogP contribution >= 0.6 is 23.5 Å². The molecule has 0 amide bonds. The Morgan fingerprint density at radius 3 is 3.11 bits per heavy atom. The predicted molar refractivity (Wildman–Crippen MR) is 80.3 cm³/mol. The molecule has 2 atom stereocenters. The van der Waals surface area contributed by atoms with Crippen molar-refractivity contribution in [2.24, 2.45) is 0 Å². The average molecular weight is 299 g/mol. The maximum atomic E-state index is 13.5. The van der Waals surface area contributed by atoms with Crippen molar-refractivity contribution >= 4 is 29.2 Å².